The van der Waals surface area contributed by atoms with Crippen LogP contribution >= 0.6 is 0 Å². The minimum Gasteiger partial charge on any atom is -0.354 e. The Labute approximate surface area is 99.9 Å². The molecule has 0 aliphatic rings. The largest absolute Gasteiger partial charge is 0.463 e. The van der Waals surface area contributed by atoms with Crippen LogP contribution < -0.4 is 10.6 Å². The van der Waals surface area contributed by atoms with Crippen molar-refractivity contribution in [2.24, 2.45) is 0 Å². The molecule has 0 fully saturated rings. The minimum absolute atomic E-state index is 0.231. The summed E-state index contributed by atoms with van der Waals surface area (Å²) in [7, 11) is 0. The highest BCUT2D eigenvalue weighted by molar-refractivity contribution is 5.90. The zero-order valence-corrected chi connectivity index (χ0v) is 9.70. The van der Waals surface area contributed by atoms with Crippen LogP contribution in [0.15, 0.2) is 0 Å². The fourth-order valence-electron chi connectivity index (χ4n) is 0.883. The summed E-state index contributed by atoms with van der Waals surface area (Å²) >= 11 is 0. The first-order valence-electron chi connectivity index (χ1n) is 5.07. The molecule has 1 unspecified atom stereocenters. The second kappa shape index (κ2) is 5.96. The Bertz CT molecular complexity index is 317. The smallest absolute Gasteiger partial charge is 0.354 e. The van der Waals surface area contributed by atoms with Crippen molar-refractivity contribution in [3.05, 3.63) is 0 Å². The van der Waals surface area contributed by atoms with E-state index in [-0.39, 0.29) is 6.54 Å². The predicted octanol–water partition coefficient (Wildman–Crippen LogP) is 1.21. The van der Waals surface area contributed by atoms with Crippen LogP contribution in [0.5, 0.6) is 0 Å². The quantitative estimate of drug-likeness (QED) is 0.742. The number of hydrogen-bond acceptors (Lipinski definition) is 2. The van der Waals surface area contributed by atoms with Crippen LogP contribution in [0.1, 0.15) is 20.3 Å². The van der Waals surface area contributed by atoms with Crippen LogP contribution in [0.4, 0.5) is 22.0 Å². The Morgan fingerprint density at radius 1 is 1.17 bits per heavy atom. The Balaban J connectivity index is 4.53. The number of hydrogen-bond donors (Lipinski definition) is 2. The molecule has 2 amide bonds. The molecule has 0 aromatic heterocycles. The molecular formula is C9H13F5N2O2. The predicted molar refractivity (Wildman–Crippen MR) is 51.9 cm³/mol. The van der Waals surface area contributed by atoms with Gasteiger partial charge in [0.05, 0.1) is 0 Å². The van der Waals surface area contributed by atoms with Gasteiger partial charge in [0.15, 0.2) is 0 Å². The second-order valence-electron chi connectivity index (χ2n) is 3.56. The van der Waals surface area contributed by atoms with Gasteiger partial charge in [-0.15, -0.1) is 0 Å². The lowest BCUT2D eigenvalue weighted by atomic mass is 10.2. The average Bonchev–Trinajstić information content (AvgIpc) is 2.23. The second-order valence-corrected chi connectivity index (χ2v) is 3.56. The zero-order valence-electron chi connectivity index (χ0n) is 9.70. The van der Waals surface area contributed by atoms with E-state index >= 15 is 0 Å². The Morgan fingerprint density at radius 2 is 1.67 bits per heavy atom. The van der Waals surface area contributed by atoms with Gasteiger partial charge in [-0.1, -0.05) is 6.92 Å². The SMILES string of the molecule is CCCNC(=O)C(C)NC(=O)C(F)(F)C(F)(F)F. The molecule has 0 aliphatic carbocycles. The zero-order chi connectivity index (χ0) is 14.6. The molecule has 0 saturated carbocycles. The van der Waals surface area contributed by atoms with E-state index in [1.807, 2.05) is 0 Å². The Hall–Kier alpha value is -1.41. The monoisotopic (exact) mass is 276 g/mol. The lowest BCUT2D eigenvalue weighted by Gasteiger charge is -2.21. The first kappa shape index (κ1) is 16.6. The first-order chi connectivity index (χ1) is 8.04. The third-order valence-corrected chi connectivity index (χ3v) is 1.93. The van der Waals surface area contributed by atoms with E-state index in [0.717, 1.165) is 6.92 Å². The van der Waals surface area contributed by atoms with Crippen molar-refractivity contribution >= 4 is 11.8 Å². The highest BCUT2D eigenvalue weighted by atomic mass is 19.4. The van der Waals surface area contributed by atoms with Gasteiger partial charge >= 0.3 is 18.0 Å². The fraction of sp³-hybridized carbons (Fsp3) is 0.778. The van der Waals surface area contributed by atoms with Crippen LogP contribution in [0.3, 0.4) is 0 Å². The van der Waals surface area contributed by atoms with Crippen molar-refractivity contribution in [1.82, 2.24) is 10.6 Å². The van der Waals surface area contributed by atoms with Crippen LogP contribution in [0, 0.1) is 0 Å². The van der Waals surface area contributed by atoms with Gasteiger partial charge in [0.25, 0.3) is 0 Å². The van der Waals surface area contributed by atoms with Gasteiger partial charge < -0.3 is 10.6 Å². The van der Waals surface area contributed by atoms with Gasteiger partial charge in [0.1, 0.15) is 6.04 Å². The summed E-state index contributed by atoms with van der Waals surface area (Å²) < 4.78 is 60.5. The minimum atomic E-state index is -5.99. The van der Waals surface area contributed by atoms with Gasteiger partial charge in [-0.3, -0.25) is 9.59 Å². The molecule has 0 aromatic carbocycles. The lowest BCUT2D eigenvalue weighted by Crippen LogP contribution is -2.55. The number of carbonyl (C=O) groups is 2. The third kappa shape index (κ3) is 4.11. The lowest BCUT2D eigenvalue weighted by molar-refractivity contribution is -0.270. The highest BCUT2D eigenvalue weighted by Crippen LogP contribution is 2.35. The summed E-state index contributed by atoms with van der Waals surface area (Å²) in [6.45, 7) is 2.96. The molecular weight excluding hydrogens is 263 g/mol. The van der Waals surface area contributed by atoms with E-state index < -0.39 is 30.0 Å². The van der Waals surface area contributed by atoms with E-state index in [2.05, 4.69) is 5.32 Å². The standard InChI is InChI=1S/C9H13F5N2O2/c1-3-4-15-6(17)5(2)16-7(18)8(10,11)9(12,13)14/h5H,3-4H2,1-2H3,(H,15,17)(H,16,18). The van der Waals surface area contributed by atoms with E-state index in [1.54, 1.807) is 6.92 Å². The molecule has 1 atom stereocenters. The van der Waals surface area contributed by atoms with E-state index in [9.17, 15) is 31.5 Å². The van der Waals surface area contributed by atoms with Crippen molar-refractivity contribution < 1.29 is 31.5 Å². The summed E-state index contributed by atoms with van der Waals surface area (Å²) in [6, 6.07) is -1.47. The number of carbonyl (C=O) groups excluding carboxylic acids is 2. The molecule has 0 heterocycles. The molecule has 18 heavy (non-hydrogen) atoms. The van der Waals surface area contributed by atoms with Crippen LogP contribution in [0.25, 0.3) is 0 Å². The summed E-state index contributed by atoms with van der Waals surface area (Å²) in [6.07, 6.45) is -5.43. The number of rotatable bonds is 5. The average molecular weight is 276 g/mol. The van der Waals surface area contributed by atoms with E-state index in [1.165, 1.54) is 5.32 Å². The summed E-state index contributed by atoms with van der Waals surface area (Å²) in [5, 5.41) is 3.56. The van der Waals surface area contributed by atoms with Crippen molar-refractivity contribution in [3.63, 3.8) is 0 Å². The fourth-order valence-corrected chi connectivity index (χ4v) is 0.883. The molecule has 0 aromatic rings. The molecule has 0 spiro atoms. The van der Waals surface area contributed by atoms with Crippen molar-refractivity contribution in [2.45, 2.75) is 38.4 Å². The molecule has 106 valence electrons. The normalized spacial score (nSPS) is 13.9. The van der Waals surface area contributed by atoms with Crippen molar-refractivity contribution in [1.29, 1.82) is 0 Å². The molecule has 0 bridgehead atoms. The molecule has 0 aliphatic heterocycles. The van der Waals surface area contributed by atoms with Crippen LogP contribution in [-0.4, -0.2) is 36.5 Å². The topological polar surface area (TPSA) is 58.2 Å². The maximum atomic E-state index is 12.5. The summed E-state index contributed by atoms with van der Waals surface area (Å²) in [4.78, 5) is 21.9. The van der Waals surface area contributed by atoms with Crippen molar-refractivity contribution in [2.75, 3.05) is 6.54 Å². The molecule has 9 heteroatoms. The molecule has 2 N–H and O–H groups in total. The van der Waals surface area contributed by atoms with E-state index in [4.69, 9.17) is 0 Å². The molecule has 4 nitrogen and oxygen atoms in total. The maximum Gasteiger partial charge on any atom is 0.463 e. The number of alkyl halides is 5. The number of halogens is 5. The van der Waals surface area contributed by atoms with Crippen LogP contribution in [0.2, 0.25) is 0 Å². The summed E-state index contributed by atoms with van der Waals surface area (Å²) in [5.74, 6) is -8.90. The van der Waals surface area contributed by atoms with Gasteiger partial charge in [-0.25, -0.2) is 0 Å². The molecule has 0 rings (SSSR count). The Kier molecular flexibility index (Phi) is 5.50. The maximum absolute atomic E-state index is 12.5. The Morgan fingerprint density at radius 3 is 2.06 bits per heavy atom. The molecule has 0 saturated heterocycles. The first-order valence-corrected chi connectivity index (χ1v) is 5.07. The highest BCUT2D eigenvalue weighted by Gasteiger charge is 2.63. The van der Waals surface area contributed by atoms with Crippen molar-refractivity contribution in [3.8, 4) is 0 Å². The molecule has 0 radical (unpaired) electrons. The van der Waals surface area contributed by atoms with Gasteiger partial charge in [0, 0.05) is 6.54 Å². The van der Waals surface area contributed by atoms with Gasteiger partial charge in [-0.05, 0) is 13.3 Å². The summed E-state index contributed by atoms with van der Waals surface area (Å²) in [5.41, 5.74) is 0. The van der Waals surface area contributed by atoms with Gasteiger partial charge in [-0.2, -0.15) is 22.0 Å². The van der Waals surface area contributed by atoms with Crippen LogP contribution in [-0.2, 0) is 9.59 Å². The number of nitrogens with one attached hydrogen (secondary N) is 2. The van der Waals surface area contributed by atoms with E-state index in [0.29, 0.717) is 6.42 Å². The third-order valence-electron chi connectivity index (χ3n) is 1.93. The number of amides is 2. The van der Waals surface area contributed by atoms with Gasteiger partial charge in [0.2, 0.25) is 5.91 Å².